The maximum Gasteiger partial charge on any atom is 0.331 e. The highest BCUT2D eigenvalue weighted by atomic mass is 32.2. The third-order valence-corrected chi connectivity index (χ3v) is 8.82. The van der Waals surface area contributed by atoms with Gasteiger partial charge in [0, 0.05) is 6.54 Å². The Morgan fingerprint density at radius 2 is 1.56 bits per heavy atom. The number of sulfonamides is 2. The fourth-order valence-electron chi connectivity index (χ4n) is 3.77. The second kappa shape index (κ2) is 13.2. The van der Waals surface area contributed by atoms with Crippen molar-refractivity contribution < 1.29 is 31.2 Å². The zero-order valence-electron chi connectivity index (χ0n) is 21.7. The lowest BCUT2D eigenvalue weighted by atomic mass is 10.1. The quantitative estimate of drug-likeness (QED) is 0.0984. The highest BCUT2D eigenvalue weighted by Crippen LogP contribution is 2.14. The molecule has 2 aromatic carbocycles. The van der Waals surface area contributed by atoms with Gasteiger partial charge in [-0.25, -0.2) is 31.1 Å². The minimum Gasteiger partial charge on any atom is -0.391 e. The van der Waals surface area contributed by atoms with Crippen LogP contribution in [0.5, 0.6) is 0 Å². The van der Waals surface area contributed by atoms with Crippen molar-refractivity contribution in [2.75, 3.05) is 13.1 Å². The molecule has 1 aliphatic rings. The summed E-state index contributed by atoms with van der Waals surface area (Å²) in [5, 5.41) is 2.92. The minimum absolute atomic E-state index is 0.0148. The normalized spacial score (nSPS) is 17.0. The summed E-state index contributed by atoms with van der Waals surface area (Å²) in [5.41, 5.74) is 7.48. The highest BCUT2D eigenvalue weighted by Gasteiger charge is 2.31. The van der Waals surface area contributed by atoms with Gasteiger partial charge in [0.1, 0.15) is 12.1 Å². The number of esters is 2. The molecule has 1 fully saturated rings. The van der Waals surface area contributed by atoms with Crippen LogP contribution in [0.15, 0.2) is 63.3 Å². The molecule has 212 valence electrons. The van der Waals surface area contributed by atoms with E-state index in [-0.39, 0.29) is 35.1 Å². The van der Waals surface area contributed by atoms with Gasteiger partial charge in [-0.1, -0.05) is 35.4 Å². The molecule has 2 aromatic rings. The zero-order valence-corrected chi connectivity index (χ0v) is 23.3. The maximum atomic E-state index is 12.9. The molecule has 0 spiro atoms. The van der Waals surface area contributed by atoms with Crippen LogP contribution in [-0.4, -0.2) is 59.9 Å². The first-order chi connectivity index (χ1) is 18.4. The maximum absolute atomic E-state index is 12.9. The molecular formula is C25H33N5O7S2. The van der Waals surface area contributed by atoms with Crippen molar-refractivity contribution in [2.45, 2.75) is 61.4 Å². The van der Waals surface area contributed by atoms with Crippen LogP contribution < -0.4 is 20.5 Å². The summed E-state index contributed by atoms with van der Waals surface area (Å²) in [4.78, 5) is 29.1. The Kier molecular flexibility index (Phi) is 10.2. The summed E-state index contributed by atoms with van der Waals surface area (Å²) in [6.07, 6.45) is 1.30. The second-order valence-corrected chi connectivity index (χ2v) is 12.6. The topological polar surface area (TPSA) is 186 Å². The van der Waals surface area contributed by atoms with E-state index < -0.39 is 44.1 Å². The standard InChI is InChI=1S/C25H33N5O7S2/c1-17-7-11-19(12-8-17)38(33,34)29-22(24(32)37-23(31)21-5-3-15-27-21)6-4-16-28-25(26)30-39(35,36)20-13-9-18(2)10-14-20/h7-14,21-22,27,29H,3-6,15-16H2,1-2H3,(H3,26,28,30)/t21-,22-/m0/s1. The molecule has 1 saturated heterocycles. The molecular weight excluding hydrogens is 546 g/mol. The van der Waals surface area contributed by atoms with Crippen LogP contribution in [0.3, 0.4) is 0 Å². The van der Waals surface area contributed by atoms with Gasteiger partial charge in [-0.3, -0.25) is 4.99 Å². The number of nitrogens with zero attached hydrogens (tertiary/aromatic N) is 1. The monoisotopic (exact) mass is 579 g/mol. The average Bonchev–Trinajstić information content (AvgIpc) is 3.41. The van der Waals surface area contributed by atoms with E-state index in [2.05, 4.69) is 19.8 Å². The summed E-state index contributed by atoms with van der Waals surface area (Å²) in [6.45, 7) is 4.21. The molecule has 0 bridgehead atoms. The van der Waals surface area contributed by atoms with E-state index in [0.29, 0.717) is 13.0 Å². The Hall–Kier alpha value is -3.33. The molecule has 0 saturated carbocycles. The van der Waals surface area contributed by atoms with Crippen LogP contribution >= 0.6 is 0 Å². The number of guanidine groups is 1. The number of nitrogens with one attached hydrogen (secondary N) is 3. The number of rotatable bonds is 11. The predicted molar refractivity (Wildman–Crippen MR) is 145 cm³/mol. The minimum atomic E-state index is -4.12. The first-order valence-corrected chi connectivity index (χ1v) is 15.3. The van der Waals surface area contributed by atoms with Gasteiger partial charge in [-0.15, -0.1) is 0 Å². The molecule has 1 heterocycles. The first kappa shape index (κ1) is 30.2. The van der Waals surface area contributed by atoms with Crippen molar-refractivity contribution in [3.05, 3.63) is 59.7 Å². The van der Waals surface area contributed by atoms with E-state index in [0.717, 1.165) is 17.5 Å². The van der Waals surface area contributed by atoms with E-state index in [4.69, 9.17) is 10.5 Å². The summed E-state index contributed by atoms with van der Waals surface area (Å²) < 4.78 is 60.2. The average molecular weight is 580 g/mol. The molecule has 39 heavy (non-hydrogen) atoms. The van der Waals surface area contributed by atoms with Crippen molar-refractivity contribution in [3.8, 4) is 0 Å². The molecule has 0 aliphatic carbocycles. The van der Waals surface area contributed by atoms with Crippen molar-refractivity contribution in [1.29, 1.82) is 0 Å². The van der Waals surface area contributed by atoms with E-state index in [1.165, 1.54) is 24.3 Å². The fraction of sp³-hybridized carbons (Fsp3) is 0.400. The van der Waals surface area contributed by atoms with Gasteiger partial charge in [0.25, 0.3) is 10.0 Å². The SMILES string of the molecule is Cc1ccc(S(=O)(=O)NC(N)=NCCC[C@H](NS(=O)(=O)c2ccc(C)cc2)C(=O)OC(=O)[C@@H]2CCCN2)cc1. The molecule has 0 amide bonds. The van der Waals surface area contributed by atoms with Crippen molar-refractivity contribution in [1.82, 2.24) is 14.8 Å². The Bertz CT molecular complexity index is 1400. The molecule has 5 N–H and O–H groups in total. The van der Waals surface area contributed by atoms with E-state index in [1.807, 2.05) is 6.92 Å². The molecule has 0 unspecified atom stereocenters. The van der Waals surface area contributed by atoms with Crippen molar-refractivity contribution in [3.63, 3.8) is 0 Å². The van der Waals surface area contributed by atoms with Gasteiger partial charge in [0.2, 0.25) is 16.0 Å². The molecule has 2 atom stereocenters. The number of aryl methyl sites for hydroxylation is 2. The Morgan fingerprint density at radius 3 is 2.10 bits per heavy atom. The zero-order chi connectivity index (χ0) is 28.6. The third-order valence-electron chi connectivity index (χ3n) is 5.96. The fourth-order valence-corrected chi connectivity index (χ4v) is 5.94. The van der Waals surface area contributed by atoms with Gasteiger partial charge >= 0.3 is 11.9 Å². The lowest BCUT2D eigenvalue weighted by Crippen LogP contribution is -2.44. The van der Waals surface area contributed by atoms with Crippen LogP contribution in [0.1, 0.15) is 36.8 Å². The van der Waals surface area contributed by atoms with Gasteiger partial charge in [0.15, 0.2) is 0 Å². The van der Waals surface area contributed by atoms with Crippen LogP contribution in [0.25, 0.3) is 0 Å². The Balaban J connectivity index is 1.65. The van der Waals surface area contributed by atoms with Crippen molar-refractivity contribution >= 4 is 37.9 Å². The molecule has 14 heteroatoms. The smallest absolute Gasteiger partial charge is 0.331 e. The van der Waals surface area contributed by atoms with Crippen LogP contribution in [0, 0.1) is 13.8 Å². The molecule has 0 radical (unpaired) electrons. The van der Waals surface area contributed by atoms with Gasteiger partial charge < -0.3 is 15.8 Å². The predicted octanol–water partition coefficient (Wildman–Crippen LogP) is 0.846. The van der Waals surface area contributed by atoms with Gasteiger partial charge in [-0.05, 0) is 70.3 Å². The van der Waals surface area contributed by atoms with E-state index >= 15 is 0 Å². The summed E-state index contributed by atoms with van der Waals surface area (Å²) in [7, 11) is -8.05. The van der Waals surface area contributed by atoms with Gasteiger partial charge in [-0.2, -0.15) is 4.72 Å². The molecule has 0 aromatic heterocycles. The largest absolute Gasteiger partial charge is 0.391 e. The van der Waals surface area contributed by atoms with E-state index in [1.54, 1.807) is 31.2 Å². The number of ether oxygens (including phenoxy) is 1. The first-order valence-electron chi connectivity index (χ1n) is 12.3. The highest BCUT2D eigenvalue weighted by molar-refractivity contribution is 7.90. The van der Waals surface area contributed by atoms with Crippen molar-refractivity contribution in [2.24, 2.45) is 10.7 Å². The number of benzene rings is 2. The second-order valence-electron chi connectivity index (χ2n) is 9.20. The Morgan fingerprint density at radius 1 is 1.00 bits per heavy atom. The van der Waals surface area contributed by atoms with Gasteiger partial charge in [0.05, 0.1) is 9.79 Å². The third kappa shape index (κ3) is 8.85. The number of hydrogen-bond acceptors (Lipinski definition) is 9. The van der Waals surface area contributed by atoms with Crippen LogP contribution in [-0.2, 0) is 34.4 Å². The summed E-state index contributed by atoms with van der Waals surface area (Å²) in [6, 6.07) is 10.2. The lowest BCUT2D eigenvalue weighted by molar-refractivity contribution is -0.162. The molecule has 1 aliphatic heterocycles. The number of nitrogens with two attached hydrogens (primary N) is 1. The Labute approximate surface area is 228 Å². The number of hydrogen-bond donors (Lipinski definition) is 4. The van der Waals surface area contributed by atoms with E-state index in [9.17, 15) is 26.4 Å². The summed E-state index contributed by atoms with van der Waals surface area (Å²) in [5.74, 6) is -2.18. The summed E-state index contributed by atoms with van der Waals surface area (Å²) >= 11 is 0. The molecule has 3 rings (SSSR count). The number of aliphatic imine (C=N–C) groups is 1. The number of carbonyl (C=O) groups is 2. The van der Waals surface area contributed by atoms with Crippen LogP contribution in [0.4, 0.5) is 0 Å². The number of carbonyl (C=O) groups excluding carboxylic acids is 2. The lowest BCUT2D eigenvalue weighted by Gasteiger charge is -2.18. The van der Waals surface area contributed by atoms with Crippen LogP contribution in [0.2, 0.25) is 0 Å². The molecule has 12 nitrogen and oxygen atoms in total.